The predicted molar refractivity (Wildman–Crippen MR) is 87.8 cm³/mol. The molecule has 0 aliphatic heterocycles. The van der Waals surface area contributed by atoms with E-state index in [9.17, 15) is 0 Å². The molecular formula is C16H28BrN3. The Bertz CT molecular complexity index is 416. The zero-order valence-corrected chi connectivity index (χ0v) is 14.6. The maximum Gasteiger partial charge on any atom is 0.0698 e. The van der Waals surface area contributed by atoms with Gasteiger partial charge in [-0.1, -0.05) is 33.1 Å². The minimum atomic E-state index is 0.424. The molecule has 3 nitrogen and oxygen atoms in total. The van der Waals surface area contributed by atoms with Gasteiger partial charge >= 0.3 is 0 Å². The molecule has 20 heavy (non-hydrogen) atoms. The van der Waals surface area contributed by atoms with E-state index in [0.717, 1.165) is 29.3 Å². The molecule has 2 rings (SSSR count). The summed E-state index contributed by atoms with van der Waals surface area (Å²) in [6, 6.07) is 0.424. The lowest BCUT2D eigenvalue weighted by molar-refractivity contribution is 0.208. The summed E-state index contributed by atoms with van der Waals surface area (Å²) in [4.78, 5) is 0. The second kappa shape index (κ2) is 7.60. The van der Waals surface area contributed by atoms with Crippen LogP contribution in [0.1, 0.15) is 64.1 Å². The van der Waals surface area contributed by atoms with E-state index in [-0.39, 0.29) is 0 Å². The Hall–Kier alpha value is -0.350. The first kappa shape index (κ1) is 16.0. The van der Waals surface area contributed by atoms with E-state index in [1.807, 2.05) is 6.20 Å². The van der Waals surface area contributed by atoms with Crippen molar-refractivity contribution in [1.29, 1.82) is 0 Å². The van der Waals surface area contributed by atoms with Gasteiger partial charge < -0.3 is 5.32 Å². The number of aromatic nitrogens is 2. The van der Waals surface area contributed by atoms with Gasteiger partial charge in [-0.15, -0.1) is 0 Å². The van der Waals surface area contributed by atoms with E-state index in [2.05, 4.69) is 51.9 Å². The first-order valence-corrected chi connectivity index (χ1v) is 8.88. The standard InChI is InChI=1S/C16H28BrN3/c1-4-9-20-16(14(17)11-19-20)15(18-3)13-8-6-7-12(5-2)10-13/h11-13,15,18H,4-10H2,1-3H3. The molecule has 3 atom stereocenters. The fraction of sp³-hybridized carbons (Fsp3) is 0.812. The van der Waals surface area contributed by atoms with Crippen LogP contribution in [0.5, 0.6) is 0 Å². The van der Waals surface area contributed by atoms with Gasteiger partial charge in [0, 0.05) is 6.54 Å². The molecule has 0 amide bonds. The number of aryl methyl sites for hydroxylation is 1. The zero-order chi connectivity index (χ0) is 14.5. The van der Waals surface area contributed by atoms with Gasteiger partial charge in [0.2, 0.25) is 0 Å². The Labute approximate surface area is 131 Å². The molecule has 1 aromatic rings. The fourth-order valence-corrected chi connectivity index (χ4v) is 4.22. The van der Waals surface area contributed by atoms with Gasteiger partial charge in [0.1, 0.15) is 0 Å². The van der Waals surface area contributed by atoms with E-state index < -0.39 is 0 Å². The second-order valence-electron chi connectivity index (χ2n) is 6.07. The minimum Gasteiger partial charge on any atom is -0.311 e. The Morgan fingerprint density at radius 1 is 1.45 bits per heavy atom. The van der Waals surface area contributed by atoms with Crippen LogP contribution in [0.25, 0.3) is 0 Å². The van der Waals surface area contributed by atoms with E-state index in [1.54, 1.807) is 0 Å². The summed E-state index contributed by atoms with van der Waals surface area (Å²) < 4.78 is 3.34. The van der Waals surface area contributed by atoms with Gasteiger partial charge in [0.05, 0.1) is 22.4 Å². The highest BCUT2D eigenvalue weighted by Crippen LogP contribution is 2.40. The maximum absolute atomic E-state index is 4.54. The highest BCUT2D eigenvalue weighted by atomic mass is 79.9. The maximum atomic E-state index is 4.54. The van der Waals surface area contributed by atoms with E-state index in [4.69, 9.17) is 0 Å². The van der Waals surface area contributed by atoms with Gasteiger partial charge in [0.25, 0.3) is 0 Å². The number of nitrogens with zero attached hydrogens (tertiary/aromatic N) is 2. The van der Waals surface area contributed by atoms with Crippen molar-refractivity contribution in [1.82, 2.24) is 15.1 Å². The van der Waals surface area contributed by atoms with Crippen LogP contribution in [0.2, 0.25) is 0 Å². The van der Waals surface area contributed by atoms with Crippen LogP contribution in [0, 0.1) is 11.8 Å². The molecule has 0 aromatic carbocycles. The van der Waals surface area contributed by atoms with Crippen molar-refractivity contribution in [3.63, 3.8) is 0 Å². The molecule has 3 unspecified atom stereocenters. The molecular weight excluding hydrogens is 314 g/mol. The van der Waals surface area contributed by atoms with Crippen LogP contribution in [0.4, 0.5) is 0 Å². The predicted octanol–water partition coefficient (Wildman–Crippen LogP) is 4.53. The normalized spacial score (nSPS) is 24.8. The van der Waals surface area contributed by atoms with Crippen LogP contribution >= 0.6 is 15.9 Å². The highest BCUT2D eigenvalue weighted by Gasteiger charge is 2.31. The van der Waals surface area contributed by atoms with Gasteiger partial charge in [-0.05, 0) is 54.1 Å². The Morgan fingerprint density at radius 2 is 2.25 bits per heavy atom. The molecule has 0 spiro atoms. The Morgan fingerprint density at radius 3 is 2.90 bits per heavy atom. The minimum absolute atomic E-state index is 0.424. The molecule has 1 aliphatic carbocycles. The van der Waals surface area contributed by atoms with Crippen LogP contribution in [0.15, 0.2) is 10.7 Å². The Kier molecular flexibility index (Phi) is 6.09. The van der Waals surface area contributed by atoms with Gasteiger partial charge in [-0.25, -0.2) is 0 Å². The van der Waals surface area contributed by atoms with E-state index in [1.165, 1.54) is 37.8 Å². The number of hydrogen-bond acceptors (Lipinski definition) is 2. The topological polar surface area (TPSA) is 29.9 Å². The molecule has 1 N–H and O–H groups in total. The van der Waals surface area contributed by atoms with Crippen LogP contribution in [-0.4, -0.2) is 16.8 Å². The van der Waals surface area contributed by atoms with Gasteiger partial charge in [-0.2, -0.15) is 5.10 Å². The van der Waals surface area contributed by atoms with Crippen molar-refractivity contribution in [2.75, 3.05) is 7.05 Å². The summed E-state index contributed by atoms with van der Waals surface area (Å²) in [5, 5.41) is 8.11. The van der Waals surface area contributed by atoms with Crippen LogP contribution < -0.4 is 5.32 Å². The lowest BCUT2D eigenvalue weighted by Gasteiger charge is -2.34. The third-order valence-electron chi connectivity index (χ3n) is 4.75. The number of halogens is 1. The van der Waals surface area contributed by atoms with Gasteiger partial charge in [0.15, 0.2) is 0 Å². The zero-order valence-electron chi connectivity index (χ0n) is 13.0. The van der Waals surface area contributed by atoms with Crippen molar-refractivity contribution >= 4 is 15.9 Å². The van der Waals surface area contributed by atoms with Gasteiger partial charge in [-0.3, -0.25) is 4.68 Å². The largest absolute Gasteiger partial charge is 0.311 e. The van der Waals surface area contributed by atoms with Crippen molar-refractivity contribution in [3.05, 3.63) is 16.4 Å². The molecule has 1 fully saturated rings. The second-order valence-corrected chi connectivity index (χ2v) is 6.92. The summed E-state index contributed by atoms with van der Waals surface area (Å²) in [7, 11) is 2.09. The first-order chi connectivity index (χ1) is 9.71. The average Bonchev–Trinajstić information content (AvgIpc) is 2.82. The molecule has 0 radical (unpaired) electrons. The molecule has 4 heteroatoms. The lowest BCUT2D eigenvalue weighted by Crippen LogP contribution is -2.31. The van der Waals surface area contributed by atoms with E-state index in [0.29, 0.717) is 6.04 Å². The lowest BCUT2D eigenvalue weighted by atomic mass is 9.76. The molecule has 1 saturated carbocycles. The van der Waals surface area contributed by atoms with Crippen LogP contribution in [-0.2, 0) is 6.54 Å². The monoisotopic (exact) mass is 341 g/mol. The molecule has 0 bridgehead atoms. The van der Waals surface area contributed by atoms with Crippen LogP contribution in [0.3, 0.4) is 0 Å². The third-order valence-corrected chi connectivity index (χ3v) is 5.36. The smallest absolute Gasteiger partial charge is 0.0698 e. The Balaban J connectivity index is 2.21. The fourth-order valence-electron chi connectivity index (χ4n) is 3.67. The van der Waals surface area contributed by atoms with E-state index >= 15 is 0 Å². The highest BCUT2D eigenvalue weighted by molar-refractivity contribution is 9.10. The molecule has 0 saturated heterocycles. The average molecular weight is 342 g/mol. The quantitative estimate of drug-likeness (QED) is 0.823. The number of nitrogens with one attached hydrogen (secondary N) is 1. The summed E-state index contributed by atoms with van der Waals surface area (Å²) in [5.74, 6) is 1.65. The molecule has 114 valence electrons. The molecule has 1 aliphatic rings. The van der Waals surface area contributed by atoms with Crippen molar-refractivity contribution < 1.29 is 0 Å². The summed E-state index contributed by atoms with van der Waals surface area (Å²) in [5.41, 5.74) is 1.34. The number of hydrogen-bond donors (Lipinski definition) is 1. The van der Waals surface area contributed by atoms with Crippen molar-refractivity contribution in [3.8, 4) is 0 Å². The SMILES string of the molecule is CCCn1ncc(Br)c1C(NC)C1CCCC(CC)C1. The van der Waals surface area contributed by atoms with Crippen molar-refractivity contribution in [2.24, 2.45) is 11.8 Å². The summed E-state index contributed by atoms with van der Waals surface area (Å²) in [6.07, 6.45) is 9.88. The summed E-state index contributed by atoms with van der Waals surface area (Å²) >= 11 is 3.70. The molecule has 1 heterocycles. The summed E-state index contributed by atoms with van der Waals surface area (Å²) in [6.45, 7) is 5.54. The van der Waals surface area contributed by atoms with Crippen molar-refractivity contribution in [2.45, 2.75) is 65.0 Å². The number of rotatable bonds is 6. The first-order valence-electron chi connectivity index (χ1n) is 8.09. The third kappa shape index (κ3) is 3.45. The molecule has 1 aromatic heterocycles.